The predicted molar refractivity (Wildman–Crippen MR) is 105 cm³/mol. The van der Waals surface area contributed by atoms with Crippen LogP contribution in [-0.2, 0) is 4.79 Å². The lowest BCUT2D eigenvalue weighted by Crippen LogP contribution is -2.31. The molecule has 0 aliphatic carbocycles. The summed E-state index contributed by atoms with van der Waals surface area (Å²) in [6.07, 6.45) is 4.29. The number of hydrogen-bond acceptors (Lipinski definition) is 6. The third-order valence-corrected chi connectivity index (χ3v) is 4.39. The Morgan fingerprint density at radius 3 is 2.52 bits per heavy atom. The maximum absolute atomic E-state index is 12.9. The second-order valence-corrected chi connectivity index (χ2v) is 6.36. The topological polar surface area (TPSA) is 114 Å². The van der Waals surface area contributed by atoms with Crippen molar-refractivity contribution in [1.82, 2.24) is 20.3 Å². The molecule has 2 aromatic heterocycles. The van der Waals surface area contributed by atoms with Crippen LogP contribution in [0.15, 0.2) is 55.1 Å². The van der Waals surface area contributed by atoms with E-state index in [1.807, 2.05) is 25.1 Å². The Bertz CT molecular complexity index is 1020. The van der Waals surface area contributed by atoms with Gasteiger partial charge < -0.3 is 15.2 Å². The summed E-state index contributed by atoms with van der Waals surface area (Å²) >= 11 is 0. The first-order valence-corrected chi connectivity index (χ1v) is 8.88. The molecule has 3 rings (SSSR count). The molecule has 2 heterocycles. The molecule has 0 saturated carbocycles. The van der Waals surface area contributed by atoms with Gasteiger partial charge in [0.25, 0.3) is 5.91 Å². The first-order chi connectivity index (χ1) is 14.0. The number of carbonyl (C=O) groups excluding carboxylic acids is 1. The van der Waals surface area contributed by atoms with Crippen LogP contribution in [0, 0.1) is 6.92 Å². The van der Waals surface area contributed by atoms with E-state index in [0.29, 0.717) is 17.0 Å². The van der Waals surface area contributed by atoms with Gasteiger partial charge in [-0.25, -0.2) is 15.0 Å². The number of nitrogens with zero attached hydrogens (tertiary/aromatic N) is 3. The Balaban J connectivity index is 1.92. The van der Waals surface area contributed by atoms with Crippen molar-refractivity contribution in [2.45, 2.75) is 19.4 Å². The van der Waals surface area contributed by atoms with E-state index in [2.05, 4.69) is 20.3 Å². The fourth-order valence-electron chi connectivity index (χ4n) is 2.99. The van der Waals surface area contributed by atoms with Crippen molar-refractivity contribution in [3.63, 3.8) is 0 Å². The zero-order valence-corrected chi connectivity index (χ0v) is 16.0. The van der Waals surface area contributed by atoms with Gasteiger partial charge in [-0.3, -0.25) is 9.59 Å². The van der Waals surface area contributed by atoms with Gasteiger partial charge in [0.15, 0.2) is 0 Å². The number of amides is 1. The summed E-state index contributed by atoms with van der Waals surface area (Å²) < 4.78 is 5.33. The van der Waals surface area contributed by atoms with E-state index in [1.54, 1.807) is 24.5 Å². The number of hydrogen-bond donors (Lipinski definition) is 2. The normalized spacial score (nSPS) is 11.5. The standard InChI is InChI=1S/C21H20N4O4/c1-13-5-3-4-6-15(13)17(9-19(26)27)25-21(28)16-7-8-18(29-2)20(24-16)14-10-22-12-23-11-14/h3-8,10-12,17H,9H2,1-2H3,(H,25,28)(H,26,27)/t17-/m0/s1. The maximum atomic E-state index is 12.9. The first kappa shape index (κ1) is 19.9. The summed E-state index contributed by atoms with van der Waals surface area (Å²) in [6, 6.07) is 9.81. The molecule has 148 valence electrons. The second kappa shape index (κ2) is 8.92. The van der Waals surface area contributed by atoms with E-state index in [0.717, 1.165) is 11.1 Å². The van der Waals surface area contributed by atoms with E-state index in [1.165, 1.54) is 19.5 Å². The summed E-state index contributed by atoms with van der Waals surface area (Å²) in [6.45, 7) is 1.87. The molecular formula is C21H20N4O4. The van der Waals surface area contributed by atoms with Crippen molar-refractivity contribution in [3.05, 3.63) is 71.9 Å². The minimum Gasteiger partial charge on any atom is -0.494 e. The molecule has 0 radical (unpaired) electrons. The lowest BCUT2D eigenvalue weighted by Gasteiger charge is -2.19. The lowest BCUT2D eigenvalue weighted by molar-refractivity contribution is -0.137. The second-order valence-electron chi connectivity index (χ2n) is 6.36. The van der Waals surface area contributed by atoms with Gasteiger partial charge in [0.1, 0.15) is 23.5 Å². The summed E-state index contributed by atoms with van der Waals surface area (Å²) in [7, 11) is 1.51. The molecule has 1 atom stereocenters. The number of carbonyl (C=O) groups is 2. The van der Waals surface area contributed by atoms with Gasteiger partial charge in [0.05, 0.1) is 19.6 Å². The third kappa shape index (κ3) is 4.73. The largest absolute Gasteiger partial charge is 0.494 e. The first-order valence-electron chi connectivity index (χ1n) is 8.88. The van der Waals surface area contributed by atoms with Crippen LogP contribution in [0.4, 0.5) is 0 Å². The Kier molecular flexibility index (Phi) is 6.13. The number of carboxylic acids is 1. The van der Waals surface area contributed by atoms with Crippen molar-refractivity contribution >= 4 is 11.9 Å². The van der Waals surface area contributed by atoms with E-state index in [9.17, 15) is 14.7 Å². The summed E-state index contributed by atoms with van der Waals surface area (Å²) in [5.41, 5.74) is 2.79. The zero-order valence-electron chi connectivity index (χ0n) is 16.0. The quantitative estimate of drug-likeness (QED) is 0.635. The maximum Gasteiger partial charge on any atom is 0.305 e. The number of nitrogens with one attached hydrogen (secondary N) is 1. The summed E-state index contributed by atoms with van der Waals surface area (Å²) in [5, 5.41) is 12.1. The predicted octanol–water partition coefficient (Wildman–Crippen LogP) is 2.80. The summed E-state index contributed by atoms with van der Waals surface area (Å²) in [4.78, 5) is 36.5. The van der Waals surface area contributed by atoms with Gasteiger partial charge in [-0.05, 0) is 30.2 Å². The van der Waals surface area contributed by atoms with Crippen LogP contribution in [0.1, 0.15) is 34.1 Å². The minimum atomic E-state index is -1.01. The molecule has 0 bridgehead atoms. The number of pyridine rings is 1. The van der Waals surface area contributed by atoms with E-state index < -0.39 is 17.9 Å². The van der Waals surface area contributed by atoms with Gasteiger partial charge in [0.2, 0.25) is 0 Å². The molecular weight excluding hydrogens is 372 g/mol. The molecule has 0 saturated heterocycles. The molecule has 1 amide bonds. The average Bonchev–Trinajstić information content (AvgIpc) is 2.73. The number of aryl methyl sites for hydroxylation is 1. The van der Waals surface area contributed by atoms with Crippen molar-refractivity contribution in [2.24, 2.45) is 0 Å². The minimum absolute atomic E-state index is 0.133. The molecule has 1 aromatic carbocycles. The lowest BCUT2D eigenvalue weighted by atomic mass is 9.98. The molecule has 0 spiro atoms. The fraction of sp³-hybridized carbons (Fsp3) is 0.190. The highest BCUT2D eigenvalue weighted by Crippen LogP contribution is 2.27. The molecule has 29 heavy (non-hydrogen) atoms. The van der Waals surface area contributed by atoms with Gasteiger partial charge >= 0.3 is 5.97 Å². The smallest absolute Gasteiger partial charge is 0.305 e. The SMILES string of the molecule is COc1ccc(C(=O)N[C@@H](CC(=O)O)c2ccccc2C)nc1-c1cncnc1. The molecule has 0 aliphatic heterocycles. The Morgan fingerprint density at radius 1 is 1.14 bits per heavy atom. The number of aromatic nitrogens is 3. The van der Waals surface area contributed by atoms with Gasteiger partial charge in [0, 0.05) is 18.0 Å². The molecule has 0 fully saturated rings. The summed E-state index contributed by atoms with van der Waals surface area (Å²) in [5.74, 6) is -1.03. The number of methoxy groups -OCH3 is 1. The molecule has 3 aromatic rings. The van der Waals surface area contributed by atoms with Crippen LogP contribution >= 0.6 is 0 Å². The van der Waals surface area contributed by atoms with Gasteiger partial charge in [-0.1, -0.05) is 24.3 Å². The van der Waals surface area contributed by atoms with Crippen molar-refractivity contribution in [3.8, 4) is 17.0 Å². The van der Waals surface area contributed by atoms with Crippen molar-refractivity contribution < 1.29 is 19.4 Å². The zero-order chi connectivity index (χ0) is 20.8. The van der Waals surface area contributed by atoms with Crippen LogP contribution in [0.2, 0.25) is 0 Å². The Hall–Kier alpha value is -3.81. The van der Waals surface area contributed by atoms with Crippen molar-refractivity contribution in [2.75, 3.05) is 7.11 Å². The fourth-order valence-corrected chi connectivity index (χ4v) is 2.99. The average molecular weight is 392 g/mol. The Labute approximate surface area is 167 Å². The molecule has 8 nitrogen and oxygen atoms in total. The number of benzene rings is 1. The van der Waals surface area contributed by atoms with Gasteiger partial charge in [-0.15, -0.1) is 0 Å². The number of aliphatic carboxylic acids is 1. The Morgan fingerprint density at radius 2 is 1.86 bits per heavy atom. The number of carboxylic acid groups (broad SMARTS) is 1. The van der Waals surface area contributed by atoms with Crippen LogP contribution < -0.4 is 10.1 Å². The highest BCUT2D eigenvalue weighted by atomic mass is 16.5. The third-order valence-electron chi connectivity index (χ3n) is 4.39. The highest BCUT2D eigenvalue weighted by Gasteiger charge is 2.22. The van der Waals surface area contributed by atoms with Crippen LogP contribution in [0.5, 0.6) is 5.75 Å². The van der Waals surface area contributed by atoms with Gasteiger partial charge in [-0.2, -0.15) is 0 Å². The molecule has 2 N–H and O–H groups in total. The highest BCUT2D eigenvalue weighted by molar-refractivity contribution is 5.93. The number of rotatable bonds is 7. The van der Waals surface area contributed by atoms with Crippen LogP contribution in [0.25, 0.3) is 11.3 Å². The van der Waals surface area contributed by atoms with E-state index in [-0.39, 0.29) is 12.1 Å². The monoisotopic (exact) mass is 392 g/mol. The van der Waals surface area contributed by atoms with E-state index >= 15 is 0 Å². The van der Waals surface area contributed by atoms with E-state index in [4.69, 9.17) is 4.74 Å². The molecule has 8 heteroatoms. The molecule has 0 aliphatic rings. The number of ether oxygens (including phenoxy) is 1. The van der Waals surface area contributed by atoms with Crippen molar-refractivity contribution in [1.29, 1.82) is 0 Å². The molecule has 0 unspecified atom stereocenters. The van der Waals surface area contributed by atoms with Crippen LogP contribution in [-0.4, -0.2) is 39.0 Å². The van der Waals surface area contributed by atoms with Crippen LogP contribution in [0.3, 0.4) is 0 Å².